The van der Waals surface area contributed by atoms with Crippen LogP contribution in [0.5, 0.6) is 5.75 Å². The number of nitrogens with one attached hydrogen (secondary N) is 1. The number of anilines is 1. The Balaban J connectivity index is 1.76. The van der Waals surface area contributed by atoms with Crippen LogP contribution in [0.25, 0.3) is 6.08 Å². The first kappa shape index (κ1) is 19.4. The van der Waals surface area contributed by atoms with E-state index in [4.69, 9.17) is 9.47 Å². The third-order valence-electron chi connectivity index (χ3n) is 3.87. The highest BCUT2D eigenvalue weighted by Crippen LogP contribution is 2.22. The minimum Gasteiger partial charge on any atom is -0.497 e. The monoisotopic (exact) mass is 393 g/mol. The predicted octanol–water partition coefficient (Wildman–Crippen LogP) is 4.69. The smallest absolute Gasteiger partial charge is 0.331 e. The van der Waals surface area contributed by atoms with Crippen molar-refractivity contribution in [2.45, 2.75) is 6.10 Å². The van der Waals surface area contributed by atoms with Crippen molar-refractivity contribution in [3.05, 3.63) is 88.6 Å². The molecule has 1 atom stereocenters. The van der Waals surface area contributed by atoms with Crippen LogP contribution < -0.4 is 10.1 Å². The number of rotatable bonds is 7. The molecule has 0 aliphatic rings. The number of methoxy groups -OCH3 is 1. The van der Waals surface area contributed by atoms with Crippen LogP contribution in [0.15, 0.2) is 77.5 Å². The fraction of sp³-hybridized carbons (Fsp3) is 0.0909. The number of thiophene rings is 1. The minimum absolute atomic E-state index is 0.447. The van der Waals surface area contributed by atoms with Crippen LogP contribution in [0.3, 0.4) is 0 Å². The molecule has 1 N–H and O–H groups in total. The normalized spacial score (nSPS) is 11.8. The topological polar surface area (TPSA) is 64.6 Å². The molecule has 0 saturated carbocycles. The van der Waals surface area contributed by atoms with Crippen LogP contribution >= 0.6 is 11.3 Å². The van der Waals surface area contributed by atoms with Gasteiger partial charge in [0.25, 0.3) is 5.91 Å². The number of carbonyl (C=O) groups is 2. The molecule has 5 nitrogen and oxygen atoms in total. The molecule has 0 fully saturated rings. The van der Waals surface area contributed by atoms with Crippen molar-refractivity contribution >= 4 is 35.0 Å². The maximum Gasteiger partial charge on any atom is 0.331 e. The van der Waals surface area contributed by atoms with Gasteiger partial charge in [-0.1, -0.05) is 36.4 Å². The molecule has 0 bridgehead atoms. The van der Waals surface area contributed by atoms with Crippen LogP contribution in [0.1, 0.15) is 17.2 Å². The summed E-state index contributed by atoms with van der Waals surface area (Å²) in [5.41, 5.74) is 2.04. The van der Waals surface area contributed by atoms with Crippen molar-refractivity contribution in [1.29, 1.82) is 0 Å². The molecule has 3 rings (SSSR count). The molecule has 1 heterocycles. The van der Waals surface area contributed by atoms with Crippen molar-refractivity contribution < 1.29 is 19.1 Å². The van der Waals surface area contributed by atoms with Gasteiger partial charge in [-0.25, -0.2) is 4.79 Å². The molecule has 0 radical (unpaired) electrons. The summed E-state index contributed by atoms with van der Waals surface area (Å²) in [5.74, 6) is -0.428. The van der Waals surface area contributed by atoms with Crippen molar-refractivity contribution in [2.24, 2.45) is 0 Å². The summed E-state index contributed by atoms with van der Waals surface area (Å²) in [6.07, 6.45) is 1.89. The summed E-state index contributed by atoms with van der Waals surface area (Å²) in [4.78, 5) is 25.1. The highest BCUT2D eigenvalue weighted by atomic mass is 32.1. The van der Waals surface area contributed by atoms with Gasteiger partial charge in [0.15, 0.2) is 0 Å². The quantitative estimate of drug-likeness (QED) is 0.467. The van der Waals surface area contributed by atoms with E-state index in [-0.39, 0.29) is 0 Å². The Bertz CT molecular complexity index is 952. The zero-order valence-corrected chi connectivity index (χ0v) is 16.0. The van der Waals surface area contributed by atoms with Crippen molar-refractivity contribution in [3.8, 4) is 5.75 Å². The van der Waals surface area contributed by atoms with Crippen LogP contribution in [-0.4, -0.2) is 19.0 Å². The van der Waals surface area contributed by atoms with Crippen LogP contribution in [-0.2, 0) is 14.3 Å². The third-order valence-corrected chi connectivity index (χ3v) is 4.57. The van der Waals surface area contributed by atoms with Gasteiger partial charge in [-0.15, -0.1) is 0 Å². The number of hydrogen-bond acceptors (Lipinski definition) is 5. The fourth-order valence-corrected chi connectivity index (χ4v) is 3.13. The molecule has 2 aromatic carbocycles. The summed E-state index contributed by atoms with van der Waals surface area (Å²) in [7, 11) is 1.55. The second kappa shape index (κ2) is 9.53. The molecular weight excluding hydrogens is 374 g/mol. The zero-order chi connectivity index (χ0) is 19.8. The molecule has 0 unspecified atom stereocenters. The summed E-state index contributed by atoms with van der Waals surface area (Å²) in [6.45, 7) is 0. The molecular formula is C22H19NO4S. The van der Waals surface area contributed by atoms with E-state index in [1.165, 1.54) is 17.4 Å². The first-order valence-corrected chi connectivity index (χ1v) is 9.51. The highest BCUT2D eigenvalue weighted by Gasteiger charge is 2.24. The Kier molecular flexibility index (Phi) is 6.59. The van der Waals surface area contributed by atoms with Gasteiger partial charge >= 0.3 is 5.97 Å². The molecule has 0 aliphatic heterocycles. The van der Waals surface area contributed by atoms with Gasteiger partial charge in [0.05, 0.1) is 7.11 Å². The minimum atomic E-state index is -1.08. The number of hydrogen-bond donors (Lipinski definition) is 1. The van der Waals surface area contributed by atoms with E-state index in [0.29, 0.717) is 17.0 Å². The molecule has 1 amide bonds. The Labute approximate surface area is 167 Å². The third kappa shape index (κ3) is 5.31. The lowest BCUT2D eigenvalue weighted by molar-refractivity contribution is -0.149. The first-order valence-electron chi connectivity index (χ1n) is 8.56. The standard InChI is InChI=1S/C22H19NO4S/c1-26-19-9-5-8-18(14-19)23-22(25)21(17-6-3-2-4-7-17)27-20(24)11-10-16-12-13-28-15-16/h2-15,21H,1H3,(H,23,25)/b11-10+/t21-/m1/s1. The molecule has 1 aromatic heterocycles. The molecule has 0 aliphatic carbocycles. The Morgan fingerprint density at radius 2 is 1.89 bits per heavy atom. The van der Waals surface area contributed by atoms with Gasteiger partial charge in [-0.2, -0.15) is 11.3 Å². The first-order chi connectivity index (χ1) is 13.7. The summed E-state index contributed by atoms with van der Waals surface area (Å²) < 4.78 is 10.6. The van der Waals surface area contributed by atoms with Gasteiger partial charge in [0.2, 0.25) is 6.10 Å². The molecule has 0 saturated heterocycles. The van der Waals surface area contributed by atoms with E-state index in [2.05, 4.69) is 5.32 Å². The maximum atomic E-state index is 12.8. The highest BCUT2D eigenvalue weighted by molar-refractivity contribution is 7.08. The lowest BCUT2D eigenvalue weighted by atomic mass is 10.1. The van der Waals surface area contributed by atoms with Gasteiger partial charge < -0.3 is 14.8 Å². The number of carbonyl (C=O) groups excluding carboxylic acids is 2. The molecule has 3 aromatic rings. The Morgan fingerprint density at radius 3 is 2.61 bits per heavy atom. The molecule has 6 heteroatoms. The second-order valence-corrected chi connectivity index (χ2v) is 6.62. The Morgan fingerprint density at radius 1 is 1.07 bits per heavy atom. The second-order valence-electron chi connectivity index (χ2n) is 5.84. The Hall–Kier alpha value is -3.38. The number of ether oxygens (including phenoxy) is 2. The van der Waals surface area contributed by atoms with E-state index >= 15 is 0 Å². The average molecular weight is 393 g/mol. The molecule has 28 heavy (non-hydrogen) atoms. The van der Waals surface area contributed by atoms with E-state index in [9.17, 15) is 9.59 Å². The molecule has 142 valence electrons. The van der Waals surface area contributed by atoms with Crippen LogP contribution in [0, 0.1) is 0 Å². The van der Waals surface area contributed by atoms with Crippen LogP contribution in [0.2, 0.25) is 0 Å². The van der Waals surface area contributed by atoms with E-state index in [1.807, 2.05) is 22.9 Å². The lowest BCUT2D eigenvalue weighted by Gasteiger charge is -2.17. The number of amides is 1. The van der Waals surface area contributed by atoms with Crippen molar-refractivity contribution in [2.75, 3.05) is 12.4 Å². The summed E-state index contributed by atoms with van der Waals surface area (Å²) in [5, 5.41) is 6.60. The zero-order valence-electron chi connectivity index (χ0n) is 15.2. The van der Waals surface area contributed by atoms with Gasteiger partial charge in [-0.05, 0) is 40.6 Å². The van der Waals surface area contributed by atoms with Gasteiger partial charge in [0, 0.05) is 23.4 Å². The van der Waals surface area contributed by atoms with E-state index in [1.54, 1.807) is 61.7 Å². The number of esters is 1. The average Bonchev–Trinajstić information content (AvgIpc) is 3.25. The SMILES string of the molecule is COc1cccc(NC(=O)[C@H](OC(=O)/C=C/c2ccsc2)c2ccccc2)c1. The van der Waals surface area contributed by atoms with Gasteiger partial charge in [-0.3, -0.25) is 4.79 Å². The largest absolute Gasteiger partial charge is 0.497 e. The van der Waals surface area contributed by atoms with Crippen LogP contribution in [0.4, 0.5) is 5.69 Å². The summed E-state index contributed by atoms with van der Waals surface area (Å²) >= 11 is 1.53. The predicted molar refractivity (Wildman–Crippen MR) is 110 cm³/mol. The lowest BCUT2D eigenvalue weighted by Crippen LogP contribution is -2.25. The fourth-order valence-electron chi connectivity index (χ4n) is 2.50. The van der Waals surface area contributed by atoms with Gasteiger partial charge in [0.1, 0.15) is 5.75 Å². The van der Waals surface area contributed by atoms with Crippen molar-refractivity contribution in [1.82, 2.24) is 0 Å². The molecule has 0 spiro atoms. The van der Waals surface area contributed by atoms with E-state index in [0.717, 1.165) is 5.56 Å². The summed E-state index contributed by atoms with van der Waals surface area (Å²) in [6, 6.07) is 17.8. The number of benzene rings is 2. The van der Waals surface area contributed by atoms with Crippen molar-refractivity contribution in [3.63, 3.8) is 0 Å². The van der Waals surface area contributed by atoms with E-state index < -0.39 is 18.0 Å². The maximum absolute atomic E-state index is 12.8.